The van der Waals surface area contributed by atoms with Gasteiger partial charge in [0.15, 0.2) is 0 Å². The van der Waals surface area contributed by atoms with E-state index in [1.807, 2.05) is 6.07 Å². The molecule has 1 atom stereocenters. The monoisotopic (exact) mass is 280 g/mol. The van der Waals surface area contributed by atoms with Crippen molar-refractivity contribution in [3.05, 3.63) is 22.6 Å². The number of furan rings is 1. The average Bonchev–Trinajstić information content (AvgIpc) is 2.31. The Balaban J connectivity index is 2.44. The van der Waals surface area contributed by atoms with Crippen LogP contribution in [0.2, 0.25) is 0 Å². The van der Waals surface area contributed by atoms with Gasteiger partial charge in [0.25, 0.3) is 0 Å². The lowest BCUT2D eigenvalue weighted by atomic mass is 10.2. The summed E-state index contributed by atoms with van der Waals surface area (Å²) in [6.07, 6.45) is 3.80. The predicted octanol–water partition coefficient (Wildman–Crippen LogP) is 3.76. The van der Waals surface area contributed by atoms with Crippen molar-refractivity contribution in [2.24, 2.45) is 0 Å². The summed E-state index contributed by atoms with van der Waals surface area (Å²) in [6, 6.07) is 1.92. The molecule has 1 aromatic heterocycles. The first kappa shape index (κ1) is 9.33. The molecule has 11 heavy (non-hydrogen) atoms. The molecular weight excluding hydrogens is 272 g/mol. The van der Waals surface area contributed by atoms with E-state index in [0.717, 1.165) is 23.1 Å². The van der Waals surface area contributed by atoms with Crippen molar-refractivity contribution in [2.75, 3.05) is 0 Å². The molecule has 1 aromatic rings. The van der Waals surface area contributed by atoms with Gasteiger partial charge in [-0.15, -0.1) is 0 Å². The van der Waals surface area contributed by atoms with E-state index < -0.39 is 0 Å². The summed E-state index contributed by atoms with van der Waals surface area (Å²) in [5.41, 5.74) is 0. The van der Waals surface area contributed by atoms with Gasteiger partial charge in [-0.1, -0.05) is 22.9 Å². The molecule has 0 aliphatic carbocycles. The van der Waals surface area contributed by atoms with E-state index in [1.54, 1.807) is 6.26 Å². The van der Waals surface area contributed by atoms with Crippen LogP contribution in [0, 0.1) is 0 Å². The Hall–Kier alpha value is 0.240. The molecule has 0 aromatic carbocycles. The SMILES string of the molecule is CC(Br)CCc1occc1Br. The van der Waals surface area contributed by atoms with E-state index in [2.05, 4.69) is 38.8 Å². The Labute approximate surface area is 83.4 Å². The van der Waals surface area contributed by atoms with E-state index in [4.69, 9.17) is 4.42 Å². The molecule has 1 rings (SSSR count). The topological polar surface area (TPSA) is 13.1 Å². The van der Waals surface area contributed by atoms with Gasteiger partial charge in [-0.25, -0.2) is 0 Å². The molecule has 0 N–H and O–H groups in total. The minimum atomic E-state index is 0.555. The van der Waals surface area contributed by atoms with Gasteiger partial charge >= 0.3 is 0 Å². The van der Waals surface area contributed by atoms with E-state index >= 15 is 0 Å². The molecule has 0 aliphatic heterocycles. The lowest BCUT2D eigenvalue weighted by Crippen LogP contribution is -1.92. The first-order valence-corrected chi connectivity index (χ1v) is 5.27. The third-order valence-corrected chi connectivity index (χ3v) is 2.62. The van der Waals surface area contributed by atoms with Crippen LogP contribution in [0.4, 0.5) is 0 Å². The van der Waals surface area contributed by atoms with Gasteiger partial charge in [0.1, 0.15) is 5.76 Å². The second kappa shape index (κ2) is 4.31. The number of hydrogen-bond donors (Lipinski definition) is 0. The Morgan fingerprint density at radius 2 is 2.36 bits per heavy atom. The number of aryl methyl sites for hydroxylation is 1. The number of hydrogen-bond acceptors (Lipinski definition) is 1. The molecule has 0 bridgehead atoms. The van der Waals surface area contributed by atoms with E-state index in [-0.39, 0.29) is 0 Å². The first-order valence-electron chi connectivity index (χ1n) is 3.56. The fourth-order valence-corrected chi connectivity index (χ4v) is 1.46. The minimum absolute atomic E-state index is 0.555. The van der Waals surface area contributed by atoms with Crippen molar-refractivity contribution >= 4 is 31.9 Å². The van der Waals surface area contributed by atoms with Gasteiger partial charge in [-0.2, -0.15) is 0 Å². The second-order valence-electron chi connectivity index (χ2n) is 2.51. The quantitative estimate of drug-likeness (QED) is 0.769. The number of halogens is 2. The summed E-state index contributed by atoms with van der Waals surface area (Å²) >= 11 is 6.90. The molecular formula is C8H10Br2O. The molecule has 0 spiro atoms. The molecule has 3 heteroatoms. The molecule has 0 saturated heterocycles. The first-order chi connectivity index (χ1) is 5.20. The van der Waals surface area contributed by atoms with Crippen LogP contribution in [0.3, 0.4) is 0 Å². The van der Waals surface area contributed by atoms with Crippen LogP contribution in [0.25, 0.3) is 0 Å². The summed E-state index contributed by atoms with van der Waals surface area (Å²) in [4.78, 5) is 0.555. The van der Waals surface area contributed by atoms with Crippen molar-refractivity contribution in [1.29, 1.82) is 0 Å². The van der Waals surface area contributed by atoms with Crippen LogP contribution in [0.5, 0.6) is 0 Å². The third kappa shape index (κ3) is 2.99. The lowest BCUT2D eigenvalue weighted by molar-refractivity contribution is 0.500. The highest BCUT2D eigenvalue weighted by atomic mass is 79.9. The Bertz CT molecular complexity index is 218. The van der Waals surface area contributed by atoms with Crippen LogP contribution in [0.1, 0.15) is 19.1 Å². The summed E-state index contributed by atoms with van der Waals surface area (Å²) in [6.45, 7) is 2.14. The van der Waals surface area contributed by atoms with Gasteiger partial charge in [-0.05, 0) is 28.4 Å². The molecule has 0 fully saturated rings. The fourth-order valence-electron chi connectivity index (χ4n) is 0.833. The molecule has 0 aliphatic rings. The molecule has 0 amide bonds. The highest BCUT2D eigenvalue weighted by molar-refractivity contribution is 9.10. The Morgan fingerprint density at radius 1 is 1.64 bits per heavy atom. The predicted molar refractivity (Wildman–Crippen MR) is 53.1 cm³/mol. The van der Waals surface area contributed by atoms with Crippen LogP contribution >= 0.6 is 31.9 Å². The maximum atomic E-state index is 5.25. The van der Waals surface area contributed by atoms with Gasteiger partial charge < -0.3 is 4.42 Å². The van der Waals surface area contributed by atoms with Gasteiger partial charge in [0, 0.05) is 11.2 Å². The van der Waals surface area contributed by atoms with Crippen molar-refractivity contribution in [3.63, 3.8) is 0 Å². The minimum Gasteiger partial charge on any atom is -0.468 e. The van der Waals surface area contributed by atoms with E-state index in [0.29, 0.717) is 4.83 Å². The average molecular weight is 282 g/mol. The zero-order valence-electron chi connectivity index (χ0n) is 6.31. The summed E-state index contributed by atoms with van der Waals surface area (Å²) in [5, 5.41) is 0. The second-order valence-corrected chi connectivity index (χ2v) is 4.93. The molecule has 1 heterocycles. The fraction of sp³-hybridized carbons (Fsp3) is 0.500. The van der Waals surface area contributed by atoms with Crippen molar-refractivity contribution in [2.45, 2.75) is 24.6 Å². The van der Waals surface area contributed by atoms with E-state index in [9.17, 15) is 0 Å². The van der Waals surface area contributed by atoms with Crippen LogP contribution in [-0.4, -0.2) is 4.83 Å². The maximum absolute atomic E-state index is 5.25. The van der Waals surface area contributed by atoms with Crippen molar-refractivity contribution in [3.8, 4) is 0 Å². The maximum Gasteiger partial charge on any atom is 0.117 e. The zero-order valence-corrected chi connectivity index (χ0v) is 9.48. The summed E-state index contributed by atoms with van der Waals surface area (Å²) in [7, 11) is 0. The van der Waals surface area contributed by atoms with Gasteiger partial charge in [0.05, 0.1) is 10.7 Å². The number of alkyl halides is 1. The highest BCUT2D eigenvalue weighted by Crippen LogP contribution is 2.20. The summed E-state index contributed by atoms with van der Waals surface area (Å²) < 4.78 is 6.32. The molecule has 62 valence electrons. The largest absolute Gasteiger partial charge is 0.468 e. The Morgan fingerprint density at radius 3 is 2.82 bits per heavy atom. The van der Waals surface area contributed by atoms with E-state index in [1.165, 1.54) is 0 Å². The molecule has 0 saturated carbocycles. The standard InChI is InChI=1S/C8H10Br2O/c1-6(9)2-3-8-7(10)4-5-11-8/h4-6H,2-3H2,1H3. The zero-order chi connectivity index (χ0) is 8.27. The van der Waals surface area contributed by atoms with Crippen molar-refractivity contribution < 1.29 is 4.42 Å². The van der Waals surface area contributed by atoms with Crippen molar-refractivity contribution in [1.82, 2.24) is 0 Å². The molecule has 1 unspecified atom stereocenters. The highest BCUT2D eigenvalue weighted by Gasteiger charge is 2.04. The Kier molecular flexibility index (Phi) is 3.66. The normalized spacial score (nSPS) is 13.4. The number of rotatable bonds is 3. The van der Waals surface area contributed by atoms with Gasteiger partial charge in [-0.3, -0.25) is 0 Å². The van der Waals surface area contributed by atoms with Gasteiger partial charge in [0.2, 0.25) is 0 Å². The lowest BCUT2D eigenvalue weighted by Gasteiger charge is -1.99. The molecule has 0 radical (unpaired) electrons. The van der Waals surface area contributed by atoms with Crippen LogP contribution in [-0.2, 0) is 6.42 Å². The van der Waals surface area contributed by atoms with Crippen LogP contribution < -0.4 is 0 Å². The summed E-state index contributed by atoms with van der Waals surface area (Å²) in [5.74, 6) is 1.04. The third-order valence-electron chi connectivity index (χ3n) is 1.46. The smallest absolute Gasteiger partial charge is 0.117 e. The molecule has 1 nitrogen and oxygen atoms in total. The van der Waals surface area contributed by atoms with Crippen LogP contribution in [0.15, 0.2) is 21.2 Å².